The number of imidazole rings is 3. The van der Waals surface area contributed by atoms with Gasteiger partial charge in [0.25, 0.3) is 0 Å². The summed E-state index contributed by atoms with van der Waals surface area (Å²) in [5, 5.41) is 37.0. The van der Waals surface area contributed by atoms with Crippen LogP contribution in [0.1, 0.15) is 131 Å². The van der Waals surface area contributed by atoms with Gasteiger partial charge >= 0.3 is 5.97 Å². The zero-order valence-corrected chi connectivity index (χ0v) is 55.9. The molecule has 12 heterocycles. The van der Waals surface area contributed by atoms with Crippen molar-refractivity contribution < 1.29 is 32.0 Å². The molecule has 5 unspecified atom stereocenters. The number of benzene rings is 6. The van der Waals surface area contributed by atoms with Crippen LogP contribution in [0.3, 0.4) is 0 Å². The fourth-order valence-electron chi connectivity index (χ4n) is 14.8. The van der Waals surface area contributed by atoms with E-state index in [2.05, 4.69) is 127 Å². The van der Waals surface area contributed by atoms with Crippen molar-refractivity contribution in [2.75, 3.05) is 0 Å². The second-order valence-corrected chi connectivity index (χ2v) is 26.5. The van der Waals surface area contributed by atoms with Gasteiger partial charge in [-0.15, -0.1) is 0 Å². The third-order valence-electron chi connectivity index (χ3n) is 19.8. The number of halogens is 4. The highest BCUT2D eigenvalue weighted by Crippen LogP contribution is 2.46. The van der Waals surface area contributed by atoms with Crippen molar-refractivity contribution in [2.24, 2.45) is 7.05 Å². The monoisotopic (exact) mass is 1370 g/mol. The van der Waals surface area contributed by atoms with E-state index in [1.54, 1.807) is 60.4 Å². The van der Waals surface area contributed by atoms with Crippen LogP contribution in [0.4, 0.5) is 17.6 Å². The number of para-hydroxylation sites is 2. The molecule has 10 N–H and O–H groups in total. The van der Waals surface area contributed by atoms with Gasteiger partial charge in [-0.2, -0.15) is 15.2 Å². The molecule has 0 spiro atoms. The minimum absolute atomic E-state index is 0.00988. The number of aliphatic carboxylic acids is 1. The second kappa shape index (κ2) is 26.4. The molecule has 0 amide bonds. The lowest BCUT2D eigenvalue weighted by Gasteiger charge is -2.40. The lowest BCUT2D eigenvalue weighted by atomic mass is 9.79. The van der Waals surface area contributed by atoms with Crippen LogP contribution in [0.5, 0.6) is 0 Å². The number of fused-ring (bicyclic) bond motifs is 9. The Kier molecular flexibility index (Phi) is 16.8. The van der Waals surface area contributed by atoms with Crippen LogP contribution < -0.4 is 16.0 Å². The highest BCUT2D eigenvalue weighted by Gasteiger charge is 2.48. The quantitative estimate of drug-likeness (QED) is 0.0454. The van der Waals surface area contributed by atoms with Crippen molar-refractivity contribution >= 4 is 38.7 Å². The largest absolute Gasteiger partial charge is 0.481 e. The lowest BCUT2D eigenvalue weighted by Crippen LogP contribution is -2.51. The number of nitrogens with one attached hydrogen (secondary N) is 9. The van der Waals surface area contributed by atoms with Crippen molar-refractivity contribution in [3.05, 3.63) is 280 Å². The van der Waals surface area contributed by atoms with Gasteiger partial charge in [0.05, 0.1) is 77.8 Å². The Bertz CT molecular complexity index is 5540. The highest BCUT2D eigenvalue weighted by molar-refractivity contribution is 5.88. The Balaban J connectivity index is 0.000000119. The molecule has 0 radical (unpaired) electrons. The first-order valence-electron chi connectivity index (χ1n) is 33.8. The summed E-state index contributed by atoms with van der Waals surface area (Å²) in [6, 6.07) is 39.8. The van der Waals surface area contributed by atoms with Crippen molar-refractivity contribution in [1.82, 2.24) is 90.5 Å². The summed E-state index contributed by atoms with van der Waals surface area (Å²) in [6.07, 6.45) is 16.1. The third-order valence-corrected chi connectivity index (χ3v) is 19.8. The first-order valence-corrected chi connectivity index (χ1v) is 33.8. The molecular formula is C77H70F4N18O3. The number of carboxylic acids is 1. The van der Waals surface area contributed by atoms with Crippen molar-refractivity contribution in [3.8, 4) is 33.8 Å². The molecule has 6 atom stereocenters. The molecule has 15 aromatic rings. The fourth-order valence-corrected chi connectivity index (χ4v) is 14.8. The summed E-state index contributed by atoms with van der Waals surface area (Å²) in [6.45, 7) is 6.82. The molecule has 3 aliphatic rings. The molecule has 102 heavy (non-hydrogen) atoms. The van der Waals surface area contributed by atoms with Crippen molar-refractivity contribution in [1.29, 1.82) is 0 Å². The standard InChI is InChI=1S/C27H25FN6O3.C26H25FN6.C24H20F2N6/c1-15-30-26(34-37-15)27(12-4-7-23(35)36)24-19(18-5-2-3-6-20(18)31-24)13-21(33-27)25-29-14-22(32-25)16-8-10-17(28)11-9-16;1-3-33-15-17(13-29-33)23-24-20(19-6-4-5-7-21(19)30-24)12-26(2,32-23)25-28-14-22(31-25)16-8-10-18(27)11-9-16;1-32-12-14(10-28-32)22-23-18(17-7-6-16(26)8-19(17)29-23)9-20(30-22)24-27-11-21(31-24)13-2-4-15(25)5-3-13/h2-3,5-6,8-11,14,21,31,33H,4,7,12-13H2,1H3,(H,29,32)(H,35,36);4-11,13-15,23,30,32H,3,12H2,1-2H3,(H,28,31);2-8,10-12,20,22,29-30H,9H2,1H3,(H,27,31)/t21-,27?;;/m1../s1. The molecular weight excluding hydrogens is 1300 g/mol. The van der Waals surface area contributed by atoms with E-state index < -0.39 is 17.0 Å². The topological polar surface area (TPSA) is 281 Å². The maximum atomic E-state index is 13.9. The van der Waals surface area contributed by atoms with Gasteiger partial charge in [-0.05, 0) is 176 Å². The zero-order chi connectivity index (χ0) is 70.0. The Morgan fingerprint density at radius 3 is 1.77 bits per heavy atom. The molecule has 21 nitrogen and oxygen atoms in total. The smallest absolute Gasteiger partial charge is 0.303 e. The third kappa shape index (κ3) is 12.3. The predicted octanol–water partition coefficient (Wildman–Crippen LogP) is 14.4. The maximum Gasteiger partial charge on any atom is 0.303 e. The van der Waals surface area contributed by atoms with Gasteiger partial charge < -0.3 is 39.5 Å². The number of aromatic nitrogens is 15. The number of H-pyrrole nitrogens is 6. The summed E-state index contributed by atoms with van der Waals surface area (Å²) in [7, 11) is 1.88. The maximum absolute atomic E-state index is 13.9. The van der Waals surface area contributed by atoms with Crippen LogP contribution in [0.15, 0.2) is 187 Å². The van der Waals surface area contributed by atoms with Gasteiger partial charge in [-0.1, -0.05) is 41.6 Å². The summed E-state index contributed by atoms with van der Waals surface area (Å²) >= 11 is 0. The molecule has 0 aliphatic carbocycles. The van der Waals surface area contributed by atoms with E-state index in [0.29, 0.717) is 43.2 Å². The summed E-state index contributed by atoms with van der Waals surface area (Å²) in [5.41, 5.74) is 15.3. The van der Waals surface area contributed by atoms with E-state index in [0.717, 1.165) is 119 Å². The van der Waals surface area contributed by atoms with Gasteiger partial charge in [0, 0.05) is 107 Å². The Hall–Kier alpha value is -11.8. The van der Waals surface area contributed by atoms with E-state index in [1.807, 2.05) is 60.8 Å². The van der Waals surface area contributed by atoms with Crippen LogP contribution in [0.2, 0.25) is 0 Å². The van der Waals surface area contributed by atoms with E-state index >= 15 is 0 Å². The molecule has 6 aromatic carbocycles. The molecule has 18 rings (SSSR count). The van der Waals surface area contributed by atoms with Crippen molar-refractivity contribution in [2.45, 2.75) is 101 Å². The minimum atomic E-state index is -0.923. The molecule has 0 fully saturated rings. The molecule has 514 valence electrons. The van der Waals surface area contributed by atoms with Gasteiger partial charge in [0.1, 0.15) is 46.3 Å². The predicted molar refractivity (Wildman–Crippen MR) is 376 cm³/mol. The van der Waals surface area contributed by atoms with Crippen LogP contribution >= 0.6 is 0 Å². The Labute approximate surface area is 580 Å². The number of hydrogen-bond acceptors (Lipinski definition) is 12. The Morgan fingerprint density at radius 2 is 1.16 bits per heavy atom. The Morgan fingerprint density at radius 1 is 0.598 bits per heavy atom. The average Bonchev–Trinajstić information content (AvgIpc) is 1.55. The number of rotatable bonds is 14. The van der Waals surface area contributed by atoms with Gasteiger partial charge in [-0.3, -0.25) is 30.1 Å². The number of hydrogen-bond donors (Lipinski definition) is 10. The van der Waals surface area contributed by atoms with Crippen LogP contribution in [-0.4, -0.2) is 85.6 Å². The van der Waals surface area contributed by atoms with E-state index in [9.17, 15) is 27.5 Å². The van der Waals surface area contributed by atoms with Gasteiger partial charge in [-0.25, -0.2) is 32.5 Å². The average molecular weight is 1370 g/mol. The normalized spacial score (nSPS) is 19.3. The molecule has 25 heteroatoms. The van der Waals surface area contributed by atoms with E-state index in [4.69, 9.17) is 9.51 Å². The summed E-state index contributed by atoms with van der Waals surface area (Å²) < 4.78 is 63.1. The lowest BCUT2D eigenvalue weighted by molar-refractivity contribution is -0.137. The summed E-state index contributed by atoms with van der Waals surface area (Å²) in [4.78, 5) is 50.9. The molecule has 0 saturated carbocycles. The van der Waals surface area contributed by atoms with Crippen LogP contribution in [0, 0.1) is 30.2 Å². The first-order chi connectivity index (χ1) is 49.5. The van der Waals surface area contributed by atoms with Crippen LogP contribution in [-0.2, 0) is 48.7 Å². The number of aromatic amines is 6. The molecule has 9 aromatic heterocycles. The zero-order valence-electron chi connectivity index (χ0n) is 55.9. The van der Waals surface area contributed by atoms with E-state index in [-0.39, 0.29) is 53.9 Å². The molecule has 0 bridgehead atoms. The second-order valence-electron chi connectivity index (χ2n) is 26.5. The van der Waals surface area contributed by atoms with E-state index in [1.165, 1.54) is 65.2 Å². The fraction of sp³-hybridized carbons (Fsp3) is 0.221. The molecule has 0 saturated heterocycles. The SMILES string of the molecule is CCn1cc(C2NC(C)(c3ncc(-c4ccc(F)cc4)[nH]3)Cc3c2[nH]c2ccccc32)cn1.Cc1nc(C2(CCCC(=O)O)N[C@@H](c3ncc(-c4ccc(F)cc4)[nH]3)Cc3c2[nH]c2ccccc32)no1.Cn1cc(C2NC(c3ncc(-c4ccc(F)cc4)[nH]3)Cc3c2[nH]c2cc(F)ccc32)cn1. The number of nitrogens with zero attached hydrogens (tertiary/aromatic N) is 9. The van der Waals surface area contributed by atoms with Crippen LogP contribution in [0.25, 0.3) is 66.5 Å². The molecule has 3 aliphatic heterocycles. The summed E-state index contributed by atoms with van der Waals surface area (Å²) in [5.74, 6) is 1.26. The first kappa shape index (κ1) is 64.8. The number of carbonyl (C=O) groups is 1. The number of carboxylic acid groups (broad SMARTS) is 1. The van der Waals surface area contributed by atoms with Gasteiger partial charge in [0.15, 0.2) is 5.82 Å². The number of aryl methyl sites for hydroxylation is 3. The van der Waals surface area contributed by atoms with Crippen molar-refractivity contribution in [3.63, 3.8) is 0 Å². The van der Waals surface area contributed by atoms with Gasteiger partial charge in [0.2, 0.25) is 5.89 Å². The highest BCUT2D eigenvalue weighted by atomic mass is 19.1. The minimum Gasteiger partial charge on any atom is -0.481 e.